The van der Waals surface area contributed by atoms with Crippen LogP contribution in [0.1, 0.15) is 51.7 Å². The van der Waals surface area contributed by atoms with Crippen LogP contribution in [0.5, 0.6) is 0 Å². The lowest BCUT2D eigenvalue weighted by Crippen LogP contribution is -2.16. The Hall–Kier alpha value is -0.960. The summed E-state index contributed by atoms with van der Waals surface area (Å²) in [7, 11) is 0. The molecule has 0 aromatic heterocycles. The number of hydrogen-bond acceptors (Lipinski definition) is 1. The second kappa shape index (κ2) is 5.79. The van der Waals surface area contributed by atoms with E-state index in [1.165, 1.54) is 6.07 Å². The highest BCUT2D eigenvalue weighted by Gasteiger charge is 2.21. The van der Waals surface area contributed by atoms with E-state index in [-0.39, 0.29) is 11.5 Å². The Kier molecular flexibility index (Phi) is 4.85. The Balaban J connectivity index is 2.91. The maximum atomic E-state index is 13.7. The summed E-state index contributed by atoms with van der Waals surface area (Å²) in [6.07, 6.45) is 2.53. The summed E-state index contributed by atoms with van der Waals surface area (Å²) in [5, 5.41) is 0. The van der Waals surface area contributed by atoms with Crippen LogP contribution >= 0.6 is 0 Å². The van der Waals surface area contributed by atoms with Gasteiger partial charge in [0.05, 0.1) is 0 Å². The lowest BCUT2D eigenvalue weighted by Gasteiger charge is -2.21. The zero-order valence-electron chi connectivity index (χ0n) is 11.7. The Morgan fingerprint density at radius 1 is 1.22 bits per heavy atom. The summed E-state index contributed by atoms with van der Waals surface area (Å²) < 4.78 is 27.3. The first kappa shape index (κ1) is 15.1. The molecule has 1 rings (SSSR count). The van der Waals surface area contributed by atoms with Gasteiger partial charge in [-0.25, -0.2) is 8.78 Å². The standard InChI is InChI=1S/C15H23F2N/c1-10(18)6-5-7-11-8-12(15(2,3)4)14(17)13(16)9-11/h8-10H,5-7,18H2,1-4H3/t10-/m0/s1. The molecule has 0 heterocycles. The van der Waals surface area contributed by atoms with Crippen molar-refractivity contribution in [2.24, 2.45) is 5.73 Å². The normalized spacial score (nSPS) is 13.7. The Morgan fingerprint density at radius 3 is 2.33 bits per heavy atom. The van der Waals surface area contributed by atoms with Gasteiger partial charge in [-0.15, -0.1) is 0 Å². The van der Waals surface area contributed by atoms with Gasteiger partial charge in [-0.3, -0.25) is 0 Å². The molecule has 0 saturated heterocycles. The summed E-state index contributed by atoms with van der Waals surface area (Å²) in [4.78, 5) is 0. The fraction of sp³-hybridized carbons (Fsp3) is 0.600. The fourth-order valence-corrected chi connectivity index (χ4v) is 1.96. The van der Waals surface area contributed by atoms with Crippen molar-refractivity contribution < 1.29 is 8.78 Å². The predicted octanol–water partition coefficient (Wildman–Crippen LogP) is 3.93. The zero-order valence-corrected chi connectivity index (χ0v) is 11.7. The third kappa shape index (κ3) is 4.05. The van der Waals surface area contributed by atoms with E-state index >= 15 is 0 Å². The van der Waals surface area contributed by atoms with Crippen LogP contribution in [0, 0.1) is 11.6 Å². The third-order valence-electron chi connectivity index (χ3n) is 3.02. The van der Waals surface area contributed by atoms with Crippen LogP contribution in [0.25, 0.3) is 0 Å². The molecule has 0 bridgehead atoms. The molecule has 0 fully saturated rings. The smallest absolute Gasteiger partial charge is 0.162 e. The molecule has 0 spiro atoms. The molecule has 0 aliphatic rings. The van der Waals surface area contributed by atoms with Gasteiger partial charge in [-0.05, 0) is 48.8 Å². The van der Waals surface area contributed by atoms with Gasteiger partial charge in [0.1, 0.15) is 0 Å². The van der Waals surface area contributed by atoms with Crippen molar-refractivity contribution in [3.63, 3.8) is 0 Å². The summed E-state index contributed by atoms with van der Waals surface area (Å²) in [6.45, 7) is 7.61. The molecule has 0 saturated carbocycles. The number of nitrogens with two attached hydrogens (primary N) is 1. The molecule has 0 aliphatic heterocycles. The fourth-order valence-electron chi connectivity index (χ4n) is 1.96. The summed E-state index contributed by atoms with van der Waals surface area (Å²) in [5.41, 5.74) is 6.58. The van der Waals surface area contributed by atoms with E-state index in [4.69, 9.17) is 5.73 Å². The number of rotatable bonds is 4. The average Bonchev–Trinajstić information content (AvgIpc) is 2.20. The van der Waals surface area contributed by atoms with Gasteiger partial charge in [0.2, 0.25) is 0 Å². The van der Waals surface area contributed by atoms with E-state index in [0.29, 0.717) is 5.56 Å². The molecule has 102 valence electrons. The second-order valence-electron chi connectivity index (χ2n) is 6.06. The number of halogens is 2. The van der Waals surface area contributed by atoms with Crippen molar-refractivity contribution in [3.8, 4) is 0 Å². The average molecular weight is 255 g/mol. The lowest BCUT2D eigenvalue weighted by atomic mass is 9.85. The van der Waals surface area contributed by atoms with E-state index in [1.807, 2.05) is 27.7 Å². The lowest BCUT2D eigenvalue weighted by molar-refractivity contribution is 0.462. The molecule has 0 unspecified atom stereocenters. The molecular formula is C15H23F2N. The molecule has 18 heavy (non-hydrogen) atoms. The summed E-state index contributed by atoms with van der Waals surface area (Å²) >= 11 is 0. The van der Waals surface area contributed by atoms with Crippen LogP contribution in [-0.4, -0.2) is 6.04 Å². The van der Waals surface area contributed by atoms with Crippen LogP contribution in [0.3, 0.4) is 0 Å². The van der Waals surface area contributed by atoms with E-state index in [0.717, 1.165) is 24.8 Å². The van der Waals surface area contributed by atoms with Gasteiger partial charge in [-0.1, -0.05) is 26.8 Å². The maximum absolute atomic E-state index is 13.7. The number of aryl methyl sites for hydroxylation is 1. The molecule has 3 heteroatoms. The maximum Gasteiger partial charge on any atom is 0.162 e. The molecular weight excluding hydrogens is 232 g/mol. The third-order valence-corrected chi connectivity index (χ3v) is 3.02. The second-order valence-corrected chi connectivity index (χ2v) is 6.06. The van der Waals surface area contributed by atoms with Crippen molar-refractivity contribution in [2.45, 2.75) is 58.4 Å². The van der Waals surface area contributed by atoms with Crippen LogP contribution < -0.4 is 5.73 Å². The highest BCUT2D eigenvalue weighted by molar-refractivity contribution is 5.31. The summed E-state index contributed by atoms with van der Waals surface area (Å²) in [6, 6.07) is 3.23. The highest BCUT2D eigenvalue weighted by atomic mass is 19.2. The molecule has 1 nitrogen and oxygen atoms in total. The molecule has 0 amide bonds. The largest absolute Gasteiger partial charge is 0.328 e. The van der Waals surface area contributed by atoms with Crippen molar-refractivity contribution in [2.75, 3.05) is 0 Å². The Labute approximate surface area is 108 Å². The van der Waals surface area contributed by atoms with Crippen LogP contribution in [0.2, 0.25) is 0 Å². The molecule has 2 N–H and O–H groups in total. The van der Waals surface area contributed by atoms with Gasteiger partial charge in [0, 0.05) is 6.04 Å². The molecule has 1 aromatic carbocycles. The first-order valence-electron chi connectivity index (χ1n) is 6.46. The van der Waals surface area contributed by atoms with E-state index in [2.05, 4.69) is 0 Å². The molecule has 0 radical (unpaired) electrons. The monoisotopic (exact) mass is 255 g/mol. The minimum atomic E-state index is -0.752. The van der Waals surface area contributed by atoms with Gasteiger partial charge >= 0.3 is 0 Å². The Morgan fingerprint density at radius 2 is 1.83 bits per heavy atom. The number of hydrogen-bond donors (Lipinski definition) is 1. The molecule has 1 atom stereocenters. The van der Waals surface area contributed by atoms with Gasteiger partial charge in [0.15, 0.2) is 11.6 Å². The van der Waals surface area contributed by atoms with Crippen molar-refractivity contribution in [1.29, 1.82) is 0 Å². The van der Waals surface area contributed by atoms with E-state index < -0.39 is 11.6 Å². The van der Waals surface area contributed by atoms with E-state index in [1.54, 1.807) is 6.07 Å². The van der Waals surface area contributed by atoms with E-state index in [9.17, 15) is 8.78 Å². The molecule has 0 aliphatic carbocycles. The van der Waals surface area contributed by atoms with Gasteiger partial charge in [0.25, 0.3) is 0 Å². The van der Waals surface area contributed by atoms with Gasteiger partial charge in [-0.2, -0.15) is 0 Å². The van der Waals surface area contributed by atoms with Crippen molar-refractivity contribution in [3.05, 3.63) is 34.9 Å². The van der Waals surface area contributed by atoms with Crippen LogP contribution in [0.15, 0.2) is 12.1 Å². The minimum absolute atomic E-state index is 0.150. The predicted molar refractivity (Wildman–Crippen MR) is 71.6 cm³/mol. The van der Waals surface area contributed by atoms with Crippen molar-refractivity contribution >= 4 is 0 Å². The van der Waals surface area contributed by atoms with Crippen LogP contribution in [-0.2, 0) is 11.8 Å². The van der Waals surface area contributed by atoms with Crippen LogP contribution in [0.4, 0.5) is 8.78 Å². The molecule has 1 aromatic rings. The zero-order chi connectivity index (χ0) is 13.9. The first-order valence-corrected chi connectivity index (χ1v) is 6.46. The number of benzene rings is 1. The SMILES string of the molecule is C[C@H](N)CCCc1cc(F)c(F)c(C(C)(C)C)c1. The first-order chi connectivity index (χ1) is 8.21. The quantitative estimate of drug-likeness (QED) is 0.866. The highest BCUT2D eigenvalue weighted by Crippen LogP contribution is 2.28. The summed E-state index contributed by atoms with van der Waals surface area (Å²) in [5.74, 6) is -1.48. The Bertz CT molecular complexity index is 406. The minimum Gasteiger partial charge on any atom is -0.328 e. The van der Waals surface area contributed by atoms with Crippen molar-refractivity contribution in [1.82, 2.24) is 0 Å². The topological polar surface area (TPSA) is 26.0 Å². The van der Waals surface area contributed by atoms with Gasteiger partial charge < -0.3 is 5.73 Å².